The first kappa shape index (κ1) is 16.6. The van der Waals surface area contributed by atoms with E-state index in [4.69, 9.17) is 5.73 Å². The van der Waals surface area contributed by atoms with E-state index in [-0.39, 0.29) is 11.7 Å². The Bertz CT molecular complexity index is 507. The summed E-state index contributed by atoms with van der Waals surface area (Å²) in [5, 5.41) is 3.20. The van der Waals surface area contributed by atoms with Gasteiger partial charge in [0.1, 0.15) is 5.00 Å². The molecule has 1 saturated heterocycles. The molecule has 0 spiro atoms. The summed E-state index contributed by atoms with van der Waals surface area (Å²) in [6.07, 6.45) is 2.00. The van der Waals surface area contributed by atoms with Gasteiger partial charge in [0.15, 0.2) is 5.78 Å². The van der Waals surface area contributed by atoms with Crippen molar-refractivity contribution in [2.24, 2.45) is 5.92 Å². The number of anilines is 2. The number of thiophene rings is 1. The number of nitrogen functional groups attached to an aromatic ring is 1. The molecule has 0 aromatic carbocycles. The van der Waals surface area contributed by atoms with E-state index in [1.54, 1.807) is 11.8 Å². The molecule has 0 amide bonds. The van der Waals surface area contributed by atoms with Crippen LogP contribution in [-0.2, 0) is 0 Å². The number of nitrogens with one attached hydrogen (secondary N) is 1. The number of nitrogens with two attached hydrogens (primary N) is 1. The fraction of sp³-hybridized carbons (Fsp3) is 0.643. The average molecular weight is 329 g/mol. The van der Waals surface area contributed by atoms with Crippen molar-refractivity contribution in [2.45, 2.75) is 18.7 Å². The van der Waals surface area contributed by atoms with Crippen LogP contribution in [0.2, 0.25) is 0 Å². The van der Waals surface area contributed by atoms with E-state index in [9.17, 15) is 4.79 Å². The Kier molecular flexibility index (Phi) is 5.54. The third-order valence-electron chi connectivity index (χ3n) is 3.61. The lowest BCUT2D eigenvalue weighted by molar-refractivity contribution is 0.0944. The van der Waals surface area contributed by atoms with Crippen molar-refractivity contribution in [3.05, 3.63) is 4.88 Å². The second-order valence-corrected chi connectivity index (χ2v) is 7.47. The molecule has 0 atom stereocenters. The molecule has 118 valence electrons. The average Bonchev–Trinajstić information content (AvgIpc) is 2.76. The summed E-state index contributed by atoms with van der Waals surface area (Å²) >= 11 is 3.07. The van der Waals surface area contributed by atoms with Crippen LogP contribution in [-0.4, -0.2) is 55.2 Å². The summed E-state index contributed by atoms with van der Waals surface area (Å²) in [7, 11) is 2.13. The molecule has 3 N–H and O–H groups in total. The molecule has 21 heavy (non-hydrogen) atoms. The van der Waals surface area contributed by atoms with Crippen LogP contribution in [0.15, 0.2) is 4.90 Å². The van der Waals surface area contributed by atoms with E-state index in [0.717, 1.165) is 36.1 Å². The minimum atomic E-state index is -0.0304. The summed E-state index contributed by atoms with van der Waals surface area (Å²) in [6, 6.07) is 0. The number of hydrogen-bond acceptors (Lipinski definition) is 7. The molecule has 1 aliphatic rings. The van der Waals surface area contributed by atoms with Gasteiger partial charge in [0.25, 0.3) is 0 Å². The quantitative estimate of drug-likeness (QED) is 0.639. The first-order valence-corrected chi connectivity index (χ1v) is 9.18. The van der Waals surface area contributed by atoms with Gasteiger partial charge in [-0.15, -0.1) is 23.1 Å². The third kappa shape index (κ3) is 3.71. The number of thioether (sulfide) groups is 1. The highest BCUT2D eigenvalue weighted by molar-refractivity contribution is 7.99. The summed E-state index contributed by atoms with van der Waals surface area (Å²) in [6.45, 7) is 7.84. The monoisotopic (exact) mass is 328 g/mol. The summed E-state index contributed by atoms with van der Waals surface area (Å²) in [5.41, 5.74) is 10.3. The van der Waals surface area contributed by atoms with Crippen LogP contribution < -0.4 is 11.2 Å². The highest BCUT2D eigenvalue weighted by atomic mass is 32.2. The number of hydrogen-bond donors (Lipinski definition) is 2. The van der Waals surface area contributed by atoms with Crippen LogP contribution in [0.5, 0.6) is 0 Å². The Morgan fingerprint density at radius 3 is 2.48 bits per heavy atom. The molecule has 0 radical (unpaired) electrons. The van der Waals surface area contributed by atoms with Gasteiger partial charge in [-0.1, -0.05) is 13.8 Å². The molecule has 1 aliphatic heterocycles. The molecule has 2 heterocycles. The predicted octanol–water partition coefficient (Wildman–Crippen LogP) is 2.47. The normalized spacial score (nSPS) is 17.4. The third-order valence-corrected chi connectivity index (χ3v) is 5.70. The Labute approximate surface area is 134 Å². The number of likely N-dealkylation sites (N-methyl/N-ethyl adjacent to an activating group) is 1. The van der Waals surface area contributed by atoms with Crippen molar-refractivity contribution < 1.29 is 4.79 Å². The van der Waals surface area contributed by atoms with E-state index in [2.05, 4.69) is 22.4 Å². The second kappa shape index (κ2) is 7.00. The zero-order chi connectivity index (χ0) is 15.6. The minimum Gasteiger partial charge on any atom is -0.396 e. The topological polar surface area (TPSA) is 61.6 Å². The molecule has 2 rings (SSSR count). The molecule has 1 aromatic rings. The maximum atomic E-state index is 12.3. The number of ketones is 1. The lowest BCUT2D eigenvalue weighted by Crippen LogP contribution is -2.46. The molecule has 0 saturated carbocycles. The lowest BCUT2D eigenvalue weighted by atomic mass is 10.1. The molecule has 0 aliphatic carbocycles. The van der Waals surface area contributed by atoms with Crippen molar-refractivity contribution in [1.29, 1.82) is 0 Å². The van der Waals surface area contributed by atoms with Gasteiger partial charge in [-0.2, -0.15) is 0 Å². The summed E-state index contributed by atoms with van der Waals surface area (Å²) in [4.78, 5) is 16.2. The maximum absolute atomic E-state index is 12.3. The minimum absolute atomic E-state index is 0.0304. The molecular formula is C14H24N4OS2. The highest BCUT2D eigenvalue weighted by Gasteiger charge is 2.24. The number of carbonyl (C=O) groups is 1. The standard InChI is InChI=1S/C14H24N4OS2/c1-9(2)11(19)12-10(15)13(20-4)14(21-12)16-18-7-5-17(3)6-8-18/h9,16H,5-8,15H2,1-4H3. The van der Waals surface area contributed by atoms with Crippen molar-refractivity contribution >= 4 is 39.6 Å². The number of piperazine rings is 1. The Hall–Kier alpha value is -0.760. The maximum Gasteiger partial charge on any atom is 0.177 e. The fourth-order valence-electron chi connectivity index (χ4n) is 2.21. The SMILES string of the molecule is CSc1c(NN2CCN(C)CC2)sc(C(=O)C(C)C)c1N. The van der Waals surface area contributed by atoms with Gasteiger partial charge < -0.3 is 16.1 Å². The van der Waals surface area contributed by atoms with Crippen molar-refractivity contribution in [3.8, 4) is 0 Å². The van der Waals surface area contributed by atoms with Gasteiger partial charge >= 0.3 is 0 Å². The molecule has 0 unspecified atom stereocenters. The van der Waals surface area contributed by atoms with Crippen LogP contribution in [0.4, 0.5) is 10.7 Å². The Morgan fingerprint density at radius 1 is 1.33 bits per heavy atom. The smallest absolute Gasteiger partial charge is 0.177 e. The molecular weight excluding hydrogens is 304 g/mol. The molecule has 1 aromatic heterocycles. The van der Waals surface area contributed by atoms with Crippen molar-refractivity contribution in [3.63, 3.8) is 0 Å². The molecule has 1 fully saturated rings. The summed E-state index contributed by atoms with van der Waals surface area (Å²) in [5.74, 6) is 0.0939. The van der Waals surface area contributed by atoms with Gasteiger partial charge in [0.05, 0.1) is 15.5 Å². The molecule has 7 heteroatoms. The second-order valence-electron chi connectivity index (χ2n) is 5.63. The van der Waals surface area contributed by atoms with Crippen molar-refractivity contribution in [2.75, 3.05) is 50.6 Å². The fourth-order valence-corrected chi connectivity index (χ4v) is 4.33. The van der Waals surface area contributed by atoms with Gasteiger partial charge in [0.2, 0.25) is 0 Å². The van der Waals surface area contributed by atoms with Gasteiger partial charge in [0, 0.05) is 32.1 Å². The van der Waals surface area contributed by atoms with Crippen molar-refractivity contribution in [1.82, 2.24) is 9.91 Å². The zero-order valence-corrected chi connectivity index (χ0v) is 14.7. The van der Waals surface area contributed by atoms with Gasteiger partial charge in [-0.25, -0.2) is 5.01 Å². The van der Waals surface area contributed by atoms with Crippen LogP contribution in [0.1, 0.15) is 23.5 Å². The highest BCUT2D eigenvalue weighted by Crippen LogP contribution is 2.42. The van der Waals surface area contributed by atoms with E-state index in [1.165, 1.54) is 11.3 Å². The Balaban J connectivity index is 2.19. The van der Waals surface area contributed by atoms with Crippen LogP contribution >= 0.6 is 23.1 Å². The Morgan fingerprint density at radius 2 is 1.95 bits per heavy atom. The van der Waals surface area contributed by atoms with Crippen LogP contribution in [0.25, 0.3) is 0 Å². The number of nitrogens with zero attached hydrogens (tertiary/aromatic N) is 2. The summed E-state index contributed by atoms with van der Waals surface area (Å²) < 4.78 is 0. The zero-order valence-electron chi connectivity index (χ0n) is 13.1. The van der Waals surface area contributed by atoms with E-state index in [1.807, 2.05) is 20.1 Å². The van der Waals surface area contributed by atoms with Gasteiger partial charge in [-0.3, -0.25) is 4.79 Å². The van der Waals surface area contributed by atoms with E-state index < -0.39 is 0 Å². The largest absolute Gasteiger partial charge is 0.396 e. The lowest BCUT2D eigenvalue weighted by Gasteiger charge is -2.32. The molecule has 0 bridgehead atoms. The number of Topliss-reactive ketones (excluding diaryl/α,β-unsaturated/α-hetero) is 1. The van der Waals surface area contributed by atoms with Crippen LogP contribution in [0, 0.1) is 5.92 Å². The number of carbonyl (C=O) groups excluding carboxylic acids is 1. The van der Waals surface area contributed by atoms with E-state index in [0.29, 0.717) is 10.6 Å². The number of rotatable bonds is 5. The first-order valence-electron chi connectivity index (χ1n) is 7.14. The number of hydrazine groups is 1. The molecule has 5 nitrogen and oxygen atoms in total. The predicted molar refractivity (Wildman–Crippen MR) is 92.4 cm³/mol. The van der Waals surface area contributed by atoms with Gasteiger partial charge in [-0.05, 0) is 13.3 Å². The van der Waals surface area contributed by atoms with Crippen LogP contribution in [0.3, 0.4) is 0 Å². The first-order chi connectivity index (χ1) is 9.93. The van der Waals surface area contributed by atoms with E-state index >= 15 is 0 Å².